The first-order chi connectivity index (χ1) is 21.0. The van der Waals surface area contributed by atoms with Crippen molar-refractivity contribution in [1.82, 2.24) is 19.6 Å². The topological polar surface area (TPSA) is 110 Å². The summed E-state index contributed by atoms with van der Waals surface area (Å²) in [5, 5.41) is 20.7. The minimum atomic E-state index is -0.955. The van der Waals surface area contributed by atoms with Crippen LogP contribution in [0.15, 0.2) is 88.9 Å². The van der Waals surface area contributed by atoms with E-state index in [4.69, 9.17) is 4.74 Å². The first-order valence-corrected chi connectivity index (χ1v) is 15.7. The van der Waals surface area contributed by atoms with E-state index in [2.05, 4.69) is 22.1 Å². The number of amides is 1. The van der Waals surface area contributed by atoms with Gasteiger partial charge < -0.3 is 9.84 Å². The number of thioether (sulfide) groups is 1. The van der Waals surface area contributed by atoms with E-state index in [9.17, 15) is 14.7 Å². The van der Waals surface area contributed by atoms with E-state index >= 15 is 0 Å². The minimum absolute atomic E-state index is 0.0434. The predicted octanol–water partition coefficient (Wildman–Crippen LogP) is 6.59. The van der Waals surface area contributed by atoms with E-state index < -0.39 is 17.7 Å². The highest BCUT2D eigenvalue weighted by Gasteiger charge is 2.49. The number of nitrogens with zero attached hydrogens (tertiary/aromatic N) is 5. The standard InChI is InChI=1S/C32H29N5O4S2/c1-3-4-17-41-23-14-10-13-22(18-23)27-25(28(38)26-20(2)33-24-15-8-9-16-36(24)26)29(39)30(40)37(27)31-34-35-32(43-31)42-19-21-11-6-5-7-12-21/h5-16,18,27,38H,3-4,17,19H2,1-2H3/b28-25+. The van der Waals surface area contributed by atoms with Gasteiger partial charge in [0.25, 0.3) is 5.78 Å². The fourth-order valence-electron chi connectivity index (χ4n) is 5.06. The van der Waals surface area contributed by atoms with Gasteiger partial charge in [-0.2, -0.15) is 0 Å². The van der Waals surface area contributed by atoms with Gasteiger partial charge >= 0.3 is 5.91 Å². The molecule has 1 aliphatic rings. The van der Waals surface area contributed by atoms with Crippen molar-refractivity contribution in [3.8, 4) is 5.75 Å². The Labute approximate surface area is 256 Å². The van der Waals surface area contributed by atoms with Gasteiger partial charge in [0, 0.05) is 11.9 Å². The fraction of sp³-hybridized carbons (Fsp3) is 0.219. The number of pyridine rings is 1. The van der Waals surface area contributed by atoms with E-state index in [1.807, 2.05) is 66.7 Å². The van der Waals surface area contributed by atoms with Crippen molar-refractivity contribution in [2.24, 2.45) is 0 Å². The molecule has 1 atom stereocenters. The summed E-state index contributed by atoms with van der Waals surface area (Å²) in [5.41, 5.74) is 3.19. The second-order valence-corrected chi connectivity index (χ2v) is 12.2. The number of aryl methyl sites for hydroxylation is 1. The number of aromatic nitrogens is 4. The van der Waals surface area contributed by atoms with Gasteiger partial charge in [0.05, 0.1) is 23.9 Å². The normalized spacial score (nSPS) is 16.3. The van der Waals surface area contributed by atoms with Crippen LogP contribution in [-0.2, 0) is 15.3 Å². The number of aliphatic hydroxyl groups is 1. The predicted molar refractivity (Wildman–Crippen MR) is 167 cm³/mol. The molecule has 3 aromatic heterocycles. The van der Waals surface area contributed by atoms with Crippen LogP contribution in [0, 0.1) is 6.92 Å². The zero-order valence-corrected chi connectivity index (χ0v) is 25.3. The SMILES string of the molecule is CCCCOc1cccc(C2/C(=C(\O)c3c(C)nc4ccccn34)C(=O)C(=O)N2c2nnc(SCc3ccccc3)s2)c1. The number of fused-ring (bicyclic) bond motifs is 1. The molecule has 1 unspecified atom stereocenters. The van der Waals surface area contributed by atoms with Crippen LogP contribution in [0.4, 0.5) is 5.13 Å². The molecule has 4 heterocycles. The van der Waals surface area contributed by atoms with Crippen LogP contribution in [0.1, 0.15) is 48.3 Å². The maximum atomic E-state index is 13.8. The van der Waals surface area contributed by atoms with Crippen LogP contribution < -0.4 is 9.64 Å². The Morgan fingerprint density at radius 3 is 2.67 bits per heavy atom. The van der Waals surface area contributed by atoms with Crippen LogP contribution in [0.2, 0.25) is 0 Å². The quantitative estimate of drug-likeness (QED) is 0.0470. The molecular weight excluding hydrogens is 583 g/mol. The number of unbranched alkanes of at least 4 members (excludes halogenated alkanes) is 1. The second kappa shape index (κ2) is 12.4. The smallest absolute Gasteiger partial charge is 0.301 e. The third-order valence-electron chi connectivity index (χ3n) is 7.12. The average Bonchev–Trinajstić information content (AvgIpc) is 3.70. The summed E-state index contributed by atoms with van der Waals surface area (Å²) in [6.07, 6.45) is 3.64. The van der Waals surface area contributed by atoms with Gasteiger partial charge in [0.15, 0.2) is 10.1 Å². The molecule has 43 heavy (non-hydrogen) atoms. The Kier molecular flexibility index (Phi) is 8.26. The molecule has 0 aliphatic carbocycles. The molecule has 1 amide bonds. The number of ether oxygens (including phenoxy) is 1. The van der Waals surface area contributed by atoms with E-state index in [0.717, 1.165) is 18.4 Å². The molecule has 0 bridgehead atoms. The first kappa shape index (κ1) is 28.6. The number of hydrogen-bond acceptors (Lipinski definition) is 9. The molecule has 1 aliphatic heterocycles. The van der Waals surface area contributed by atoms with Gasteiger partial charge in [0.2, 0.25) is 5.13 Å². The molecular formula is C32H29N5O4S2. The maximum Gasteiger partial charge on any atom is 0.301 e. The monoisotopic (exact) mass is 611 g/mol. The van der Waals surface area contributed by atoms with Gasteiger partial charge in [-0.1, -0.05) is 85.0 Å². The number of Topliss-reactive ketones (excluding diaryl/α,β-unsaturated/α-hetero) is 1. The molecule has 0 saturated carbocycles. The van der Waals surface area contributed by atoms with Gasteiger partial charge in [0.1, 0.15) is 17.1 Å². The number of hydrogen-bond donors (Lipinski definition) is 1. The van der Waals surface area contributed by atoms with E-state index in [1.165, 1.54) is 28.0 Å². The number of aliphatic hydroxyl groups excluding tert-OH is 1. The number of benzene rings is 2. The third kappa shape index (κ3) is 5.65. The lowest BCUT2D eigenvalue weighted by atomic mass is 9.96. The highest BCUT2D eigenvalue weighted by molar-refractivity contribution is 8.00. The first-order valence-electron chi connectivity index (χ1n) is 13.9. The fourth-order valence-corrected chi connectivity index (χ4v) is 6.88. The van der Waals surface area contributed by atoms with E-state index in [-0.39, 0.29) is 16.5 Å². The summed E-state index contributed by atoms with van der Waals surface area (Å²) < 4.78 is 8.33. The Morgan fingerprint density at radius 1 is 1.05 bits per heavy atom. The van der Waals surface area contributed by atoms with Crippen LogP contribution in [0.5, 0.6) is 5.75 Å². The molecule has 0 radical (unpaired) electrons. The summed E-state index contributed by atoms with van der Waals surface area (Å²) in [4.78, 5) is 33.3. The third-order valence-corrected chi connectivity index (χ3v) is 9.25. The Hall–Kier alpha value is -4.48. The van der Waals surface area contributed by atoms with Crippen molar-refractivity contribution in [3.05, 3.63) is 107 Å². The average molecular weight is 612 g/mol. The second-order valence-electron chi connectivity index (χ2n) is 10.0. The number of imidazole rings is 1. The van der Waals surface area contributed by atoms with Gasteiger partial charge in [-0.3, -0.25) is 18.9 Å². The van der Waals surface area contributed by atoms with Crippen molar-refractivity contribution in [1.29, 1.82) is 0 Å². The number of anilines is 1. The van der Waals surface area contributed by atoms with Crippen molar-refractivity contribution in [2.75, 3.05) is 11.5 Å². The van der Waals surface area contributed by atoms with Crippen LogP contribution in [0.25, 0.3) is 11.4 Å². The van der Waals surface area contributed by atoms with Crippen LogP contribution in [0.3, 0.4) is 0 Å². The zero-order chi connectivity index (χ0) is 29.9. The molecule has 0 spiro atoms. The van der Waals surface area contributed by atoms with Crippen molar-refractivity contribution >= 4 is 51.3 Å². The summed E-state index contributed by atoms with van der Waals surface area (Å²) in [5.74, 6) is -0.603. The van der Waals surface area contributed by atoms with Gasteiger partial charge in [-0.15, -0.1) is 10.2 Å². The molecule has 1 fully saturated rings. The molecule has 2 aromatic carbocycles. The molecule has 6 rings (SSSR count). The highest BCUT2D eigenvalue weighted by Crippen LogP contribution is 2.45. The number of carbonyl (C=O) groups is 2. The number of rotatable bonds is 10. The van der Waals surface area contributed by atoms with Crippen LogP contribution >= 0.6 is 23.1 Å². The highest BCUT2D eigenvalue weighted by atomic mass is 32.2. The molecule has 9 nitrogen and oxygen atoms in total. The summed E-state index contributed by atoms with van der Waals surface area (Å²) in [6, 6.07) is 21.8. The van der Waals surface area contributed by atoms with Crippen molar-refractivity contribution in [2.45, 2.75) is 42.8 Å². The maximum absolute atomic E-state index is 13.8. The summed E-state index contributed by atoms with van der Waals surface area (Å²) in [6.45, 7) is 4.39. The molecule has 1 saturated heterocycles. The van der Waals surface area contributed by atoms with Gasteiger partial charge in [-0.25, -0.2) is 4.98 Å². The Bertz CT molecular complexity index is 1830. The number of ketones is 1. The molecule has 5 aromatic rings. The van der Waals surface area contributed by atoms with Gasteiger partial charge in [-0.05, 0) is 48.7 Å². The lowest BCUT2D eigenvalue weighted by Gasteiger charge is -2.23. The Balaban J connectivity index is 1.44. The van der Waals surface area contributed by atoms with Crippen LogP contribution in [-0.4, -0.2) is 43.0 Å². The molecule has 1 N–H and O–H groups in total. The van der Waals surface area contributed by atoms with Crippen molar-refractivity contribution in [3.63, 3.8) is 0 Å². The molecule has 218 valence electrons. The Morgan fingerprint density at radius 2 is 1.86 bits per heavy atom. The van der Waals surface area contributed by atoms with Crippen molar-refractivity contribution < 1.29 is 19.4 Å². The molecule has 11 heteroatoms. The minimum Gasteiger partial charge on any atom is -0.505 e. The summed E-state index contributed by atoms with van der Waals surface area (Å²) >= 11 is 2.74. The summed E-state index contributed by atoms with van der Waals surface area (Å²) in [7, 11) is 0. The van der Waals surface area contributed by atoms with E-state index in [0.29, 0.717) is 45.0 Å². The number of carbonyl (C=O) groups excluding carboxylic acids is 2. The lowest BCUT2D eigenvalue weighted by Crippen LogP contribution is -2.29. The van der Waals surface area contributed by atoms with E-state index in [1.54, 1.807) is 23.6 Å². The zero-order valence-electron chi connectivity index (χ0n) is 23.6. The largest absolute Gasteiger partial charge is 0.505 e. The lowest BCUT2D eigenvalue weighted by molar-refractivity contribution is -0.132.